The SMILES string of the molecule is COc1cc(CN2CCC(c3ccccc3)C2=O)cc(OC)c1OC. The monoisotopic (exact) mass is 341 g/mol. The van der Waals surface area contributed by atoms with Gasteiger partial charge < -0.3 is 19.1 Å². The standard InChI is InChI=1S/C20H23NO4/c1-23-17-11-14(12-18(24-2)19(17)25-3)13-21-10-9-16(20(21)22)15-7-5-4-6-8-15/h4-8,11-12,16H,9-10,13H2,1-3H3. The number of rotatable bonds is 6. The van der Waals surface area contributed by atoms with E-state index in [4.69, 9.17) is 14.2 Å². The second kappa shape index (κ2) is 7.47. The molecule has 0 aromatic heterocycles. The maximum absolute atomic E-state index is 12.8. The van der Waals surface area contributed by atoms with Crippen molar-refractivity contribution in [2.75, 3.05) is 27.9 Å². The highest BCUT2D eigenvalue weighted by Gasteiger charge is 2.32. The van der Waals surface area contributed by atoms with E-state index < -0.39 is 0 Å². The lowest BCUT2D eigenvalue weighted by Crippen LogP contribution is -2.26. The summed E-state index contributed by atoms with van der Waals surface area (Å²) in [5.74, 6) is 1.87. The maximum Gasteiger partial charge on any atom is 0.230 e. The minimum atomic E-state index is -0.0526. The first-order valence-corrected chi connectivity index (χ1v) is 8.30. The summed E-state index contributed by atoms with van der Waals surface area (Å²) in [5.41, 5.74) is 2.04. The van der Waals surface area contributed by atoms with E-state index in [0.717, 1.165) is 24.1 Å². The molecule has 2 aromatic rings. The fraction of sp³-hybridized carbons (Fsp3) is 0.350. The Kier molecular flexibility index (Phi) is 5.12. The lowest BCUT2D eigenvalue weighted by atomic mass is 9.98. The van der Waals surface area contributed by atoms with Crippen LogP contribution < -0.4 is 14.2 Å². The number of benzene rings is 2. The largest absolute Gasteiger partial charge is 0.493 e. The molecule has 0 saturated carbocycles. The first-order chi connectivity index (χ1) is 12.2. The van der Waals surface area contributed by atoms with Crippen molar-refractivity contribution in [1.29, 1.82) is 0 Å². The van der Waals surface area contributed by atoms with Gasteiger partial charge >= 0.3 is 0 Å². The van der Waals surface area contributed by atoms with Gasteiger partial charge in [-0.3, -0.25) is 4.79 Å². The van der Waals surface area contributed by atoms with Gasteiger partial charge in [0.2, 0.25) is 11.7 Å². The molecule has 0 radical (unpaired) electrons. The maximum atomic E-state index is 12.8. The van der Waals surface area contributed by atoms with Crippen LogP contribution in [-0.2, 0) is 11.3 Å². The van der Waals surface area contributed by atoms with E-state index in [0.29, 0.717) is 23.8 Å². The summed E-state index contributed by atoms with van der Waals surface area (Å²) in [4.78, 5) is 14.7. The number of hydrogen-bond donors (Lipinski definition) is 0. The summed E-state index contributed by atoms with van der Waals surface area (Å²) in [6.07, 6.45) is 0.841. The molecular weight excluding hydrogens is 318 g/mol. The van der Waals surface area contributed by atoms with Crippen LogP contribution in [0.2, 0.25) is 0 Å². The highest BCUT2D eigenvalue weighted by Crippen LogP contribution is 2.39. The summed E-state index contributed by atoms with van der Waals surface area (Å²) in [6.45, 7) is 1.27. The Labute approximate surface area is 148 Å². The van der Waals surface area contributed by atoms with Gasteiger partial charge in [-0.05, 0) is 29.7 Å². The van der Waals surface area contributed by atoms with E-state index in [9.17, 15) is 4.79 Å². The van der Waals surface area contributed by atoms with Gasteiger partial charge in [-0.15, -0.1) is 0 Å². The topological polar surface area (TPSA) is 48.0 Å². The molecule has 1 fully saturated rings. The van der Waals surface area contributed by atoms with Crippen molar-refractivity contribution in [2.24, 2.45) is 0 Å². The predicted octanol–water partition coefficient (Wildman–Crippen LogP) is 3.23. The van der Waals surface area contributed by atoms with Gasteiger partial charge in [-0.1, -0.05) is 30.3 Å². The highest BCUT2D eigenvalue weighted by atomic mass is 16.5. The fourth-order valence-electron chi connectivity index (χ4n) is 3.34. The lowest BCUT2D eigenvalue weighted by Gasteiger charge is -2.19. The second-order valence-corrected chi connectivity index (χ2v) is 6.05. The minimum absolute atomic E-state index is 0.0526. The molecule has 1 atom stereocenters. The Balaban J connectivity index is 1.80. The Hall–Kier alpha value is -2.69. The fourth-order valence-corrected chi connectivity index (χ4v) is 3.34. The Morgan fingerprint density at radius 2 is 1.64 bits per heavy atom. The van der Waals surface area contributed by atoms with Crippen LogP contribution in [0.15, 0.2) is 42.5 Å². The number of likely N-dealkylation sites (tertiary alicyclic amines) is 1. The average molecular weight is 341 g/mol. The normalized spacial score (nSPS) is 16.8. The Bertz CT molecular complexity index is 720. The number of carbonyl (C=O) groups is 1. The first-order valence-electron chi connectivity index (χ1n) is 8.30. The third-order valence-corrected chi connectivity index (χ3v) is 4.60. The zero-order valence-electron chi connectivity index (χ0n) is 14.8. The van der Waals surface area contributed by atoms with E-state index in [-0.39, 0.29) is 11.8 Å². The smallest absolute Gasteiger partial charge is 0.230 e. The van der Waals surface area contributed by atoms with Crippen LogP contribution in [0.5, 0.6) is 17.2 Å². The van der Waals surface area contributed by atoms with Crippen molar-refractivity contribution < 1.29 is 19.0 Å². The summed E-state index contributed by atoms with van der Waals surface area (Å²) in [5, 5.41) is 0. The second-order valence-electron chi connectivity index (χ2n) is 6.05. The summed E-state index contributed by atoms with van der Waals surface area (Å²) >= 11 is 0. The van der Waals surface area contributed by atoms with Crippen molar-refractivity contribution in [2.45, 2.75) is 18.9 Å². The van der Waals surface area contributed by atoms with Crippen LogP contribution in [0.4, 0.5) is 0 Å². The molecule has 1 amide bonds. The van der Waals surface area contributed by atoms with Gasteiger partial charge in [0, 0.05) is 13.1 Å². The van der Waals surface area contributed by atoms with Crippen LogP contribution in [0.3, 0.4) is 0 Å². The molecule has 0 aliphatic carbocycles. The quantitative estimate of drug-likeness (QED) is 0.809. The number of hydrogen-bond acceptors (Lipinski definition) is 4. The van der Waals surface area contributed by atoms with E-state index >= 15 is 0 Å². The van der Waals surface area contributed by atoms with Gasteiger partial charge in [0.15, 0.2) is 11.5 Å². The number of amides is 1. The molecule has 5 heteroatoms. The molecule has 2 aromatic carbocycles. The van der Waals surface area contributed by atoms with Crippen LogP contribution in [0.25, 0.3) is 0 Å². The molecule has 1 saturated heterocycles. The van der Waals surface area contributed by atoms with Gasteiger partial charge in [-0.2, -0.15) is 0 Å². The van der Waals surface area contributed by atoms with Crippen molar-refractivity contribution >= 4 is 5.91 Å². The van der Waals surface area contributed by atoms with Crippen LogP contribution in [0.1, 0.15) is 23.5 Å². The third-order valence-electron chi connectivity index (χ3n) is 4.60. The number of nitrogens with zero attached hydrogens (tertiary/aromatic N) is 1. The molecular formula is C20H23NO4. The third kappa shape index (κ3) is 3.40. The summed E-state index contributed by atoms with van der Waals surface area (Å²) in [7, 11) is 4.76. The number of methoxy groups -OCH3 is 3. The molecule has 25 heavy (non-hydrogen) atoms. The highest BCUT2D eigenvalue weighted by molar-refractivity contribution is 5.85. The van der Waals surface area contributed by atoms with Crippen LogP contribution in [-0.4, -0.2) is 38.7 Å². The van der Waals surface area contributed by atoms with E-state index in [1.807, 2.05) is 47.4 Å². The number of carbonyl (C=O) groups excluding carboxylic acids is 1. The first kappa shape index (κ1) is 17.1. The van der Waals surface area contributed by atoms with Crippen molar-refractivity contribution in [3.63, 3.8) is 0 Å². The van der Waals surface area contributed by atoms with E-state index in [1.54, 1.807) is 21.3 Å². The van der Waals surface area contributed by atoms with E-state index in [1.165, 1.54) is 0 Å². The Morgan fingerprint density at radius 1 is 1.00 bits per heavy atom. The van der Waals surface area contributed by atoms with Crippen LogP contribution in [0, 0.1) is 0 Å². The molecule has 3 rings (SSSR count). The van der Waals surface area contributed by atoms with E-state index in [2.05, 4.69) is 0 Å². The van der Waals surface area contributed by atoms with Crippen molar-refractivity contribution in [3.05, 3.63) is 53.6 Å². The van der Waals surface area contributed by atoms with Gasteiger partial charge in [-0.25, -0.2) is 0 Å². The molecule has 1 unspecified atom stereocenters. The molecule has 0 bridgehead atoms. The average Bonchev–Trinajstić information content (AvgIpc) is 3.02. The van der Waals surface area contributed by atoms with Gasteiger partial charge in [0.05, 0.1) is 27.2 Å². The molecule has 0 spiro atoms. The molecule has 1 aliphatic rings. The summed E-state index contributed by atoms with van der Waals surface area (Å²) < 4.78 is 16.1. The Morgan fingerprint density at radius 3 is 2.20 bits per heavy atom. The molecule has 1 aliphatic heterocycles. The zero-order chi connectivity index (χ0) is 17.8. The summed E-state index contributed by atoms with van der Waals surface area (Å²) in [6, 6.07) is 13.7. The number of ether oxygens (including phenoxy) is 3. The minimum Gasteiger partial charge on any atom is -0.493 e. The molecule has 1 heterocycles. The lowest BCUT2D eigenvalue weighted by molar-refractivity contribution is -0.129. The zero-order valence-corrected chi connectivity index (χ0v) is 14.8. The molecule has 132 valence electrons. The predicted molar refractivity (Wildman–Crippen MR) is 95.3 cm³/mol. The van der Waals surface area contributed by atoms with Crippen LogP contribution >= 0.6 is 0 Å². The van der Waals surface area contributed by atoms with Gasteiger partial charge in [0.25, 0.3) is 0 Å². The van der Waals surface area contributed by atoms with Crippen molar-refractivity contribution in [1.82, 2.24) is 4.90 Å². The van der Waals surface area contributed by atoms with Gasteiger partial charge in [0.1, 0.15) is 0 Å². The molecule has 5 nitrogen and oxygen atoms in total. The molecule has 0 N–H and O–H groups in total. The van der Waals surface area contributed by atoms with Crippen molar-refractivity contribution in [3.8, 4) is 17.2 Å².